The van der Waals surface area contributed by atoms with Crippen LogP contribution >= 0.6 is 11.6 Å². The van der Waals surface area contributed by atoms with Gasteiger partial charge in [-0.1, -0.05) is 35.9 Å². The summed E-state index contributed by atoms with van der Waals surface area (Å²) in [7, 11) is 0. The third kappa shape index (κ3) is 4.59. The average Bonchev–Trinajstić information content (AvgIpc) is 3.13. The molecule has 4 rings (SSSR count). The lowest BCUT2D eigenvalue weighted by Crippen LogP contribution is -2.23. The number of imidazole rings is 1. The van der Waals surface area contributed by atoms with Crippen LogP contribution in [0, 0.1) is 10.1 Å². The van der Waals surface area contributed by atoms with Crippen molar-refractivity contribution in [2.75, 3.05) is 0 Å². The fraction of sp³-hybridized carbons (Fsp3) is 0.0455. The van der Waals surface area contributed by atoms with E-state index >= 15 is 0 Å². The highest BCUT2D eigenvalue weighted by atomic mass is 35.5. The number of rotatable bonds is 6. The van der Waals surface area contributed by atoms with Gasteiger partial charge >= 0.3 is 0 Å². The number of halogens is 1. The van der Waals surface area contributed by atoms with E-state index in [1.807, 2.05) is 36.4 Å². The molecule has 9 heteroatoms. The first kappa shape index (κ1) is 20.2. The monoisotopic (exact) mass is 433 g/mol. The third-order valence-corrected chi connectivity index (χ3v) is 4.79. The molecule has 0 aliphatic carbocycles. The minimum atomic E-state index is -0.488. The van der Waals surface area contributed by atoms with Crippen LogP contribution in [0.3, 0.4) is 0 Å². The Morgan fingerprint density at radius 3 is 2.68 bits per heavy atom. The topological polar surface area (TPSA) is 102 Å². The van der Waals surface area contributed by atoms with Crippen molar-refractivity contribution in [1.82, 2.24) is 15.0 Å². The van der Waals surface area contributed by atoms with E-state index in [0.717, 1.165) is 16.6 Å². The van der Waals surface area contributed by atoms with Gasteiger partial charge < -0.3 is 4.57 Å². The number of hydrogen-bond donors (Lipinski definition) is 1. The molecule has 1 aromatic heterocycles. The van der Waals surface area contributed by atoms with Crippen molar-refractivity contribution in [3.05, 3.63) is 93.5 Å². The molecule has 0 spiro atoms. The Labute approximate surface area is 181 Å². The summed E-state index contributed by atoms with van der Waals surface area (Å²) in [5.41, 5.74) is 5.32. The predicted molar refractivity (Wildman–Crippen MR) is 119 cm³/mol. The fourth-order valence-electron chi connectivity index (χ4n) is 3.13. The number of nitrogens with zero attached hydrogens (tertiary/aromatic N) is 4. The molecule has 0 radical (unpaired) electrons. The van der Waals surface area contributed by atoms with Gasteiger partial charge in [0.15, 0.2) is 0 Å². The van der Waals surface area contributed by atoms with Crippen LogP contribution < -0.4 is 5.43 Å². The standard InChI is InChI=1S/C22H16ClN5O3/c23-17-10-8-16(9-11-17)22-25-19-6-1-2-7-20(19)27(22)14-21(29)26-24-13-15-4-3-5-18(12-15)28(30)31/h1-13H,14H2,(H,26,29)/b24-13+. The van der Waals surface area contributed by atoms with Gasteiger partial charge in [0, 0.05) is 28.3 Å². The van der Waals surface area contributed by atoms with Gasteiger partial charge in [0.1, 0.15) is 12.4 Å². The smallest absolute Gasteiger partial charge is 0.270 e. The molecule has 0 atom stereocenters. The molecule has 3 aromatic carbocycles. The van der Waals surface area contributed by atoms with Crippen LogP contribution in [0.1, 0.15) is 5.56 Å². The van der Waals surface area contributed by atoms with E-state index in [-0.39, 0.29) is 18.1 Å². The number of fused-ring (bicyclic) bond motifs is 1. The van der Waals surface area contributed by atoms with Gasteiger partial charge in [0.05, 0.1) is 22.2 Å². The summed E-state index contributed by atoms with van der Waals surface area (Å²) in [6, 6.07) is 20.7. The molecule has 0 aliphatic rings. The molecule has 1 N–H and O–H groups in total. The molecule has 0 fully saturated rings. The van der Waals surface area contributed by atoms with E-state index in [9.17, 15) is 14.9 Å². The zero-order chi connectivity index (χ0) is 21.8. The van der Waals surface area contributed by atoms with Crippen LogP contribution in [0.5, 0.6) is 0 Å². The predicted octanol–water partition coefficient (Wildman–Crippen LogP) is 4.42. The first-order valence-electron chi connectivity index (χ1n) is 9.29. The van der Waals surface area contributed by atoms with Crippen molar-refractivity contribution < 1.29 is 9.72 Å². The molecule has 1 amide bonds. The van der Waals surface area contributed by atoms with Gasteiger partial charge in [-0.15, -0.1) is 0 Å². The number of nitrogens with one attached hydrogen (secondary N) is 1. The van der Waals surface area contributed by atoms with Crippen LogP contribution in [-0.2, 0) is 11.3 Å². The molecule has 0 saturated carbocycles. The molecule has 0 saturated heterocycles. The van der Waals surface area contributed by atoms with Gasteiger partial charge in [0.2, 0.25) is 0 Å². The summed E-state index contributed by atoms with van der Waals surface area (Å²) in [5.74, 6) is 0.274. The Bertz CT molecular complexity index is 1300. The second-order valence-electron chi connectivity index (χ2n) is 6.66. The number of nitro groups is 1. The van der Waals surface area contributed by atoms with Crippen molar-refractivity contribution in [1.29, 1.82) is 0 Å². The Balaban J connectivity index is 1.56. The molecule has 154 valence electrons. The summed E-state index contributed by atoms with van der Waals surface area (Å²) in [4.78, 5) is 27.6. The Hall–Kier alpha value is -4.04. The number of carbonyl (C=O) groups is 1. The highest BCUT2D eigenvalue weighted by Gasteiger charge is 2.15. The van der Waals surface area contributed by atoms with Crippen LogP contribution in [0.15, 0.2) is 77.9 Å². The maximum Gasteiger partial charge on any atom is 0.270 e. The lowest BCUT2D eigenvalue weighted by molar-refractivity contribution is -0.384. The lowest BCUT2D eigenvalue weighted by Gasteiger charge is -2.08. The summed E-state index contributed by atoms with van der Waals surface area (Å²) in [6.45, 7) is -0.00918. The summed E-state index contributed by atoms with van der Waals surface area (Å²) >= 11 is 5.99. The van der Waals surface area contributed by atoms with Gasteiger partial charge in [0.25, 0.3) is 11.6 Å². The Morgan fingerprint density at radius 1 is 1.13 bits per heavy atom. The number of hydrogen-bond acceptors (Lipinski definition) is 5. The summed E-state index contributed by atoms with van der Waals surface area (Å²) < 4.78 is 1.80. The third-order valence-electron chi connectivity index (χ3n) is 4.54. The molecule has 4 aromatic rings. The van der Waals surface area contributed by atoms with E-state index in [1.165, 1.54) is 18.3 Å². The maximum atomic E-state index is 12.6. The molecular formula is C22H16ClN5O3. The molecular weight excluding hydrogens is 418 g/mol. The zero-order valence-corrected chi connectivity index (χ0v) is 16.9. The van der Waals surface area contributed by atoms with Crippen molar-refractivity contribution in [2.24, 2.45) is 5.10 Å². The Kier molecular flexibility index (Phi) is 5.72. The molecule has 1 heterocycles. The van der Waals surface area contributed by atoms with Gasteiger partial charge in [-0.2, -0.15) is 5.10 Å². The fourth-order valence-corrected chi connectivity index (χ4v) is 3.26. The van der Waals surface area contributed by atoms with Crippen LogP contribution in [0.25, 0.3) is 22.4 Å². The minimum absolute atomic E-state index is 0.00918. The number of nitro benzene ring substituents is 1. The zero-order valence-electron chi connectivity index (χ0n) is 16.1. The Morgan fingerprint density at radius 2 is 1.90 bits per heavy atom. The van der Waals surface area contributed by atoms with E-state index in [0.29, 0.717) is 16.4 Å². The van der Waals surface area contributed by atoms with Crippen molar-refractivity contribution >= 4 is 40.4 Å². The van der Waals surface area contributed by atoms with Gasteiger partial charge in [-0.05, 0) is 36.4 Å². The van der Waals surface area contributed by atoms with Gasteiger partial charge in [-0.3, -0.25) is 14.9 Å². The highest BCUT2D eigenvalue weighted by molar-refractivity contribution is 6.30. The normalized spacial score (nSPS) is 11.1. The summed E-state index contributed by atoms with van der Waals surface area (Å²) in [5, 5.41) is 15.4. The largest absolute Gasteiger partial charge is 0.314 e. The van der Waals surface area contributed by atoms with Crippen molar-refractivity contribution in [3.63, 3.8) is 0 Å². The average molecular weight is 434 g/mol. The number of carbonyl (C=O) groups excluding carboxylic acids is 1. The molecule has 0 bridgehead atoms. The van der Waals surface area contributed by atoms with E-state index < -0.39 is 4.92 Å². The SMILES string of the molecule is O=C(Cn1c(-c2ccc(Cl)cc2)nc2ccccc21)N/N=C/c1cccc([N+](=O)[O-])c1. The van der Waals surface area contributed by atoms with Gasteiger partial charge in [-0.25, -0.2) is 10.4 Å². The number of amides is 1. The maximum absolute atomic E-state index is 12.6. The van der Waals surface area contributed by atoms with E-state index in [4.69, 9.17) is 11.6 Å². The number of non-ortho nitro benzene ring substituents is 1. The van der Waals surface area contributed by atoms with Crippen molar-refractivity contribution in [2.45, 2.75) is 6.54 Å². The van der Waals surface area contributed by atoms with E-state index in [2.05, 4.69) is 15.5 Å². The van der Waals surface area contributed by atoms with Crippen LogP contribution in [-0.4, -0.2) is 26.6 Å². The second kappa shape index (κ2) is 8.76. The highest BCUT2D eigenvalue weighted by Crippen LogP contribution is 2.26. The molecule has 8 nitrogen and oxygen atoms in total. The minimum Gasteiger partial charge on any atom is -0.314 e. The van der Waals surface area contributed by atoms with Crippen LogP contribution in [0.2, 0.25) is 5.02 Å². The first-order valence-corrected chi connectivity index (χ1v) is 9.66. The lowest BCUT2D eigenvalue weighted by atomic mass is 10.2. The number of benzene rings is 3. The molecule has 0 unspecified atom stereocenters. The quantitative estimate of drug-likeness (QED) is 0.276. The number of hydrazone groups is 1. The first-order chi connectivity index (χ1) is 15.0. The summed E-state index contributed by atoms with van der Waals surface area (Å²) in [6.07, 6.45) is 1.36. The number of para-hydroxylation sites is 2. The molecule has 0 aliphatic heterocycles. The number of aromatic nitrogens is 2. The van der Waals surface area contributed by atoms with Crippen molar-refractivity contribution in [3.8, 4) is 11.4 Å². The second-order valence-corrected chi connectivity index (χ2v) is 7.10. The molecule has 31 heavy (non-hydrogen) atoms. The van der Waals surface area contributed by atoms with Crippen LogP contribution in [0.4, 0.5) is 5.69 Å². The van der Waals surface area contributed by atoms with E-state index in [1.54, 1.807) is 28.8 Å².